The number of hydrogen-bond acceptors (Lipinski definition) is 0. The molecule has 1 aliphatic carbocycles. The standard InChI is InChI=1S/C37H16Cl3F11/c38-19-10-18(11-20(39)13-19)36(17-2-7-28(45)30(47)12-17)32(16-1-6-27(44)25(40)9-16)35(48)31(24-14-21(41)4-8-26(24)43)34(37(49,50)51)33(36)23-5-3-22(42)15-29(23)46/h1-15,32H. The molecule has 0 spiro atoms. The van der Waals surface area contributed by atoms with Crippen molar-refractivity contribution in [2.45, 2.75) is 17.5 Å². The van der Waals surface area contributed by atoms with Crippen molar-refractivity contribution in [3.63, 3.8) is 0 Å². The van der Waals surface area contributed by atoms with Crippen LogP contribution in [0.5, 0.6) is 0 Å². The highest BCUT2D eigenvalue weighted by Crippen LogP contribution is 2.65. The predicted octanol–water partition coefficient (Wildman–Crippen LogP) is 13.1. The van der Waals surface area contributed by atoms with Gasteiger partial charge in [0, 0.05) is 32.8 Å². The van der Waals surface area contributed by atoms with Crippen LogP contribution in [0.3, 0.4) is 0 Å². The third-order valence-electron chi connectivity index (χ3n) is 8.47. The van der Waals surface area contributed by atoms with Gasteiger partial charge in [-0.1, -0.05) is 46.9 Å². The lowest BCUT2D eigenvalue weighted by atomic mass is 9.53. The first kappa shape index (κ1) is 36.5. The van der Waals surface area contributed by atoms with E-state index >= 15 is 30.7 Å². The van der Waals surface area contributed by atoms with Gasteiger partial charge in [-0.15, -0.1) is 0 Å². The Balaban J connectivity index is 2.01. The maximum absolute atomic E-state index is 17.8. The lowest BCUT2D eigenvalue weighted by molar-refractivity contribution is -0.0873. The van der Waals surface area contributed by atoms with Crippen LogP contribution < -0.4 is 0 Å². The van der Waals surface area contributed by atoms with Crippen LogP contribution >= 0.6 is 34.8 Å². The first-order valence-corrected chi connectivity index (χ1v) is 15.6. The van der Waals surface area contributed by atoms with E-state index in [0.717, 1.165) is 42.5 Å². The fraction of sp³-hybridized carbons (Fsp3) is 0.0811. The fourth-order valence-electron chi connectivity index (χ4n) is 6.60. The van der Waals surface area contributed by atoms with Crippen LogP contribution in [0.25, 0.3) is 11.1 Å². The van der Waals surface area contributed by atoms with Gasteiger partial charge in [0.1, 0.15) is 34.9 Å². The largest absolute Gasteiger partial charge is 0.417 e. The van der Waals surface area contributed by atoms with Crippen LogP contribution in [-0.2, 0) is 5.41 Å². The molecule has 5 aromatic rings. The number of hydrogen-bond donors (Lipinski definition) is 0. The summed E-state index contributed by atoms with van der Waals surface area (Å²) >= 11 is 18.8. The number of alkyl halides is 3. The molecule has 0 bridgehead atoms. The van der Waals surface area contributed by atoms with Gasteiger partial charge in [0.2, 0.25) is 0 Å². The summed E-state index contributed by atoms with van der Waals surface area (Å²) in [6, 6.07) is 9.81. The quantitative estimate of drug-likeness (QED) is 0.156. The smallest absolute Gasteiger partial charge is 0.210 e. The lowest BCUT2D eigenvalue weighted by Gasteiger charge is -2.48. The van der Waals surface area contributed by atoms with Crippen LogP contribution in [0.4, 0.5) is 48.3 Å². The molecule has 2 unspecified atom stereocenters. The first-order chi connectivity index (χ1) is 23.9. The zero-order valence-electron chi connectivity index (χ0n) is 25.0. The maximum atomic E-state index is 17.8. The highest BCUT2D eigenvalue weighted by molar-refractivity contribution is 6.34. The molecule has 51 heavy (non-hydrogen) atoms. The third-order valence-corrected chi connectivity index (χ3v) is 9.20. The number of rotatable bonds is 5. The predicted molar refractivity (Wildman–Crippen MR) is 171 cm³/mol. The van der Waals surface area contributed by atoms with Crippen molar-refractivity contribution in [2.24, 2.45) is 0 Å². The molecule has 0 heterocycles. The topological polar surface area (TPSA) is 0 Å². The molecule has 1 aliphatic rings. The molecule has 0 saturated carbocycles. The summed E-state index contributed by atoms with van der Waals surface area (Å²) in [7, 11) is 0. The van der Waals surface area contributed by atoms with Crippen LogP contribution in [-0.4, -0.2) is 6.18 Å². The average molecular weight is 776 g/mol. The van der Waals surface area contributed by atoms with Gasteiger partial charge in [-0.2, -0.15) is 13.2 Å². The Morgan fingerprint density at radius 1 is 0.510 bits per heavy atom. The van der Waals surface area contributed by atoms with E-state index in [2.05, 4.69) is 0 Å². The van der Waals surface area contributed by atoms with E-state index in [0.29, 0.717) is 36.4 Å². The second kappa shape index (κ2) is 13.3. The summed E-state index contributed by atoms with van der Waals surface area (Å²) in [6.45, 7) is 0. The summed E-state index contributed by atoms with van der Waals surface area (Å²) in [5, 5.41) is -1.26. The summed E-state index contributed by atoms with van der Waals surface area (Å²) < 4.78 is 171. The summed E-state index contributed by atoms with van der Waals surface area (Å²) in [6.07, 6.45) is -5.79. The molecule has 14 heteroatoms. The average Bonchev–Trinajstić information content (AvgIpc) is 3.04. The molecule has 0 N–H and O–H groups in total. The third kappa shape index (κ3) is 6.29. The van der Waals surface area contributed by atoms with E-state index in [1.165, 1.54) is 0 Å². The molecule has 262 valence electrons. The molecule has 0 radical (unpaired) electrons. The molecule has 0 saturated heterocycles. The van der Waals surface area contributed by atoms with Gasteiger partial charge < -0.3 is 0 Å². The second-order valence-corrected chi connectivity index (χ2v) is 12.7. The summed E-state index contributed by atoms with van der Waals surface area (Å²) in [4.78, 5) is 0. The van der Waals surface area contributed by atoms with Gasteiger partial charge in [0.05, 0.1) is 21.9 Å². The lowest BCUT2D eigenvalue weighted by Crippen LogP contribution is -2.43. The molecule has 0 nitrogen and oxygen atoms in total. The van der Waals surface area contributed by atoms with Crippen LogP contribution in [0.1, 0.15) is 33.7 Å². The van der Waals surface area contributed by atoms with Gasteiger partial charge in [-0.05, 0) is 95.1 Å². The van der Waals surface area contributed by atoms with Crippen molar-refractivity contribution >= 4 is 45.9 Å². The van der Waals surface area contributed by atoms with Gasteiger partial charge in [0.15, 0.2) is 11.6 Å². The molecular formula is C37H16Cl3F11. The normalized spacial score (nSPS) is 18.1. The zero-order chi connectivity index (χ0) is 37.2. The SMILES string of the molecule is FC1=C(c2cc(F)ccc2F)C(C(F)(F)F)=C(c2ccc(F)cc2F)C(c2cc(Cl)cc(Cl)c2)(c2ccc(F)c(F)c2)C1c1ccc(F)c(Cl)c1. The summed E-state index contributed by atoms with van der Waals surface area (Å²) in [5.74, 6) is -14.2. The monoisotopic (exact) mass is 774 g/mol. The first-order valence-electron chi connectivity index (χ1n) is 14.4. The van der Waals surface area contributed by atoms with Crippen molar-refractivity contribution in [2.75, 3.05) is 0 Å². The van der Waals surface area contributed by atoms with Crippen LogP contribution in [0.15, 0.2) is 102 Å². The molecule has 0 fully saturated rings. The minimum atomic E-state index is -5.79. The van der Waals surface area contributed by atoms with Crippen LogP contribution in [0, 0.1) is 40.7 Å². The van der Waals surface area contributed by atoms with E-state index < -0.39 is 114 Å². The fourth-order valence-corrected chi connectivity index (χ4v) is 7.31. The molecule has 0 aliphatic heterocycles. The van der Waals surface area contributed by atoms with Crippen molar-refractivity contribution in [1.82, 2.24) is 0 Å². The van der Waals surface area contributed by atoms with Crippen LogP contribution in [0.2, 0.25) is 15.1 Å². The summed E-state index contributed by atoms with van der Waals surface area (Å²) in [5.41, 5.74) is -12.0. The van der Waals surface area contributed by atoms with E-state index in [1.807, 2.05) is 0 Å². The van der Waals surface area contributed by atoms with Crippen molar-refractivity contribution in [1.29, 1.82) is 0 Å². The molecular weight excluding hydrogens is 760 g/mol. The van der Waals surface area contributed by atoms with E-state index in [1.54, 1.807) is 0 Å². The molecule has 5 aromatic carbocycles. The molecule has 0 aromatic heterocycles. The zero-order valence-corrected chi connectivity index (χ0v) is 27.3. The Hall–Kier alpha value is -4.32. The van der Waals surface area contributed by atoms with E-state index in [9.17, 15) is 17.6 Å². The molecule has 2 atom stereocenters. The number of halogens is 14. The number of allylic oxidation sites excluding steroid dienone is 4. The van der Waals surface area contributed by atoms with Crippen molar-refractivity contribution in [3.8, 4) is 0 Å². The highest BCUT2D eigenvalue weighted by Gasteiger charge is 2.59. The molecule has 6 rings (SSSR count). The number of benzene rings is 5. The van der Waals surface area contributed by atoms with Crippen molar-refractivity contribution in [3.05, 3.63) is 186 Å². The van der Waals surface area contributed by atoms with E-state index in [4.69, 9.17) is 34.8 Å². The highest BCUT2D eigenvalue weighted by atomic mass is 35.5. The Morgan fingerprint density at radius 3 is 1.73 bits per heavy atom. The Bertz CT molecular complexity index is 2270. The Kier molecular flexibility index (Phi) is 9.54. The van der Waals surface area contributed by atoms with Crippen molar-refractivity contribution < 1.29 is 48.3 Å². The minimum absolute atomic E-state index is 0.207. The van der Waals surface area contributed by atoms with Gasteiger partial charge in [-0.25, -0.2) is 35.1 Å². The Labute approximate surface area is 297 Å². The van der Waals surface area contributed by atoms with E-state index in [-0.39, 0.29) is 22.2 Å². The van der Waals surface area contributed by atoms with Gasteiger partial charge in [0.25, 0.3) is 0 Å². The minimum Gasteiger partial charge on any atom is -0.210 e. The van der Waals surface area contributed by atoms with Gasteiger partial charge >= 0.3 is 6.18 Å². The Morgan fingerprint density at radius 2 is 1.12 bits per heavy atom. The maximum Gasteiger partial charge on any atom is 0.417 e. The molecule has 0 amide bonds. The van der Waals surface area contributed by atoms with Gasteiger partial charge in [-0.3, -0.25) is 0 Å². The second-order valence-electron chi connectivity index (χ2n) is 11.4.